The number of hydrazine groups is 3. The third-order valence-electron chi connectivity index (χ3n) is 4.52. The maximum absolute atomic E-state index is 12.5. The monoisotopic (exact) mass is 386 g/mol. The van der Waals surface area contributed by atoms with Crippen LogP contribution in [0.25, 0.3) is 11.0 Å². The summed E-state index contributed by atoms with van der Waals surface area (Å²) in [6.07, 6.45) is 0.388. The Balaban J connectivity index is 1.66. The lowest BCUT2D eigenvalue weighted by Gasteiger charge is -2.14. The fourth-order valence-corrected chi connectivity index (χ4v) is 3.26. The molecule has 7 nitrogen and oxygen atoms in total. The summed E-state index contributed by atoms with van der Waals surface area (Å²) in [5, 5.41) is 1.27. The van der Waals surface area contributed by atoms with Gasteiger partial charge < -0.3 is 9.15 Å². The van der Waals surface area contributed by atoms with Crippen molar-refractivity contribution in [3.63, 3.8) is 0 Å². The molecule has 3 aromatic rings. The molecule has 0 aliphatic carbocycles. The standard InChI is InChI=1S/C19H19ClN4O3/c1-11-13-8-15(20)17(26-10-18-21-23-24-22-18)9-16(13)27-19(25)14(11)7-12-5-3-2-4-6-12/h2-6,8-9,18,21-24H,7,10H2,1H3. The van der Waals surface area contributed by atoms with E-state index in [1.165, 1.54) is 0 Å². The first-order valence-electron chi connectivity index (χ1n) is 8.55. The third kappa shape index (κ3) is 3.83. The maximum Gasteiger partial charge on any atom is 0.340 e. The Kier molecular flexibility index (Phi) is 5.11. The topological polar surface area (TPSA) is 87.6 Å². The average molecular weight is 387 g/mol. The molecular weight excluding hydrogens is 368 g/mol. The van der Waals surface area contributed by atoms with Crippen molar-refractivity contribution in [1.82, 2.24) is 21.9 Å². The summed E-state index contributed by atoms with van der Waals surface area (Å²) in [7, 11) is 0. The van der Waals surface area contributed by atoms with Gasteiger partial charge in [0.05, 0.1) is 5.02 Å². The van der Waals surface area contributed by atoms with Gasteiger partial charge in [0.15, 0.2) is 0 Å². The highest BCUT2D eigenvalue weighted by Gasteiger charge is 2.17. The maximum atomic E-state index is 12.5. The van der Waals surface area contributed by atoms with Gasteiger partial charge in [-0.15, -0.1) is 0 Å². The number of benzene rings is 2. The third-order valence-corrected chi connectivity index (χ3v) is 4.82. The fourth-order valence-electron chi connectivity index (χ4n) is 3.04. The Hall–Kier alpha value is -2.42. The van der Waals surface area contributed by atoms with Gasteiger partial charge in [0.1, 0.15) is 24.1 Å². The van der Waals surface area contributed by atoms with Crippen LogP contribution in [0.2, 0.25) is 5.02 Å². The Morgan fingerprint density at radius 3 is 2.63 bits per heavy atom. The van der Waals surface area contributed by atoms with E-state index >= 15 is 0 Å². The number of aryl methyl sites for hydroxylation is 1. The van der Waals surface area contributed by atoms with Crippen LogP contribution in [0, 0.1) is 6.92 Å². The van der Waals surface area contributed by atoms with E-state index in [1.807, 2.05) is 37.3 Å². The molecule has 1 aliphatic heterocycles. The number of nitrogens with one attached hydrogen (secondary N) is 4. The summed E-state index contributed by atoms with van der Waals surface area (Å²) < 4.78 is 11.3. The molecule has 1 aliphatic rings. The molecule has 0 radical (unpaired) electrons. The number of hydrogen-bond donors (Lipinski definition) is 4. The van der Waals surface area contributed by atoms with Gasteiger partial charge in [-0.25, -0.2) is 15.6 Å². The Morgan fingerprint density at radius 1 is 1.15 bits per heavy atom. The van der Waals surface area contributed by atoms with Crippen molar-refractivity contribution in [3.8, 4) is 5.75 Å². The molecule has 140 valence electrons. The summed E-state index contributed by atoms with van der Waals surface area (Å²) in [4.78, 5) is 12.5. The van der Waals surface area contributed by atoms with Crippen LogP contribution in [0.5, 0.6) is 5.75 Å². The van der Waals surface area contributed by atoms with Crippen molar-refractivity contribution in [2.75, 3.05) is 6.61 Å². The Morgan fingerprint density at radius 2 is 1.89 bits per heavy atom. The first-order valence-corrected chi connectivity index (χ1v) is 8.93. The fraction of sp³-hybridized carbons (Fsp3) is 0.211. The van der Waals surface area contributed by atoms with Crippen molar-refractivity contribution in [2.24, 2.45) is 0 Å². The van der Waals surface area contributed by atoms with Gasteiger partial charge in [-0.3, -0.25) is 0 Å². The van der Waals surface area contributed by atoms with Crippen LogP contribution in [0.3, 0.4) is 0 Å². The Labute approximate surface area is 160 Å². The van der Waals surface area contributed by atoms with Crippen LogP contribution in [0.1, 0.15) is 16.7 Å². The van der Waals surface area contributed by atoms with Gasteiger partial charge in [0, 0.05) is 23.4 Å². The number of rotatable bonds is 5. The lowest BCUT2D eigenvalue weighted by molar-refractivity contribution is 0.260. The summed E-state index contributed by atoms with van der Waals surface area (Å²) in [5.41, 5.74) is 13.9. The van der Waals surface area contributed by atoms with Crippen LogP contribution in [0.4, 0.5) is 0 Å². The van der Waals surface area contributed by atoms with Gasteiger partial charge in [0.2, 0.25) is 0 Å². The van der Waals surface area contributed by atoms with Crippen LogP contribution < -0.4 is 32.3 Å². The Bertz CT molecular complexity index is 1020. The zero-order valence-electron chi connectivity index (χ0n) is 14.6. The van der Waals surface area contributed by atoms with E-state index in [9.17, 15) is 4.79 Å². The van der Waals surface area contributed by atoms with Crippen LogP contribution in [-0.4, -0.2) is 12.8 Å². The van der Waals surface area contributed by atoms with Gasteiger partial charge >= 0.3 is 5.63 Å². The lowest BCUT2D eigenvalue weighted by Crippen LogP contribution is -2.39. The van der Waals surface area contributed by atoms with Gasteiger partial charge in [-0.1, -0.05) is 41.9 Å². The molecule has 0 unspecified atom stereocenters. The SMILES string of the molecule is Cc1c(Cc2ccccc2)c(=O)oc2cc(OCC3NNNN3)c(Cl)cc12. The molecule has 8 heteroatoms. The molecule has 0 spiro atoms. The summed E-state index contributed by atoms with van der Waals surface area (Å²) >= 11 is 6.40. The molecule has 4 N–H and O–H groups in total. The molecule has 4 rings (SSSR count). The lowest BCUT2D eigenvalue weighted by atomic mass is 9.99. The summed E-state index contributed by atoms with van der Waals surface area (Å²) in [5.74, 6) is 0.457. The molecule has 2 heterocycles. The van der Waals surface area contributed by atoms with Crippen molar-refractivity contribution >= 4 is 22.6 Å². The highest BCUT2D eigenvalue weighted by molar-refractivity contribution is 6.32. The van der Waals surface area contributed by atoms with Crippen molar-refractivity contribution in [1.29, 1.82) is 0 Å². The smallest absolute Gasteiger partial charge is 0.340 e. The number of hydrogen-bond acceptors (Lipinski definition) is 7. The van der Waals surface area contributed by atoms with Crippen molar-refractivity contribution in [2.45, 2.75) is 19.5 Å². The van der Waals surface area contributed by atoms with E-state index in [2.05, 4.69) is 21.9 Å². The largest absolute Gasteiger partial charge is 0.489 e. The number of halogens is 1. The van der Waals surface area contributed by atoms with Crippen LogP contribution >= 0.6 is 11.6 Å². The molecule has 2 aromatic carbocycles. The van der Waals surface area contributed by atoms with Crippen LogP contribution in [-0.2, 0) is 6.42 Å². The van der Waals surface area contributed by atoms with E-state index in [0.29, 0.717) is 34.9 Å². The molecule has 0 saturated carbocycles. The molecule has 0 atom stereocenters. The number of fused-ring (bicyclic) bond motifs is 1. The predicted molar refractivity (Wildman–Crippen MR) is 103 cm³/mol. The van der Waals surface area contributed by atoms with E-state index in [0.717, 1.165) is 16.5 Å². The minimum Gasteiger partial charge on any atom is -0.489 e. The van der Waals surface area contributed by atoms with Gasteiger partial charge in [-0.05, 0) is 24.1 Å². The summed E-state index contributed by atoms with van der Waals surface area (Å²) in [6.45, 7) is 2.23. The first-order chi connectivity index (χ1) is 13.1. The van der Waals surface area contributed by atoms with E-state index < -0.39 is 0 Å². The predicted octanol–water partition coefficient (Wildman–Crippen LogP) is 2.17. The second-order valence-electron chi connectivity index (χ2n) is 6.34. The quantitative estimate of drug-likeness (QED) is 0.500. The van der Waals surface area contributed by atoms with E-state index in [1.54, 1.807) is 12.1 Å². The first kappa shape index (κ1) is 18.0. The minimum absolute atomic E-state index is 0.126. The number of ether oxygens (including phenoxy) is 1. The minimum atomic E-state index is -0.343. The zero-order chi connectivity index (χ0) is 18.8. The van der Waals surface area contributed by atoms with Crippen molar-refractivity contribution < 1.29 is 9.15 Å². The zero-order valence-corrected chi connectivity index (χ0v) is 15.4. The van der Waals surface area contributed by atoms with Gasteiger partial charge in [0.25, 0.3) is 0 Å². The molecule has 0 bridgehead atoms. The van der Waals surface area contributed by atoms with Crippen LogP contribution in [0.15, 0.2) is 51.7 Å². The molecule has 1 fully saturated rings. The average Bonchev–Trinajstić information content (AvgIpc) is 3.19. The molecule has 1 saturated heterocycles. The van der Waals surface area contributed by atoms with E-state index in [4.69, 9.17) is 20.8 Å². The van der Waals surface area contributed by atoms with Crippen molar-refractivity contribution in [3.05, 3.63) is 74.6 Å². The van der Waals surface area contributed by atoms with Gasteiger partial charge in [-0.2, -0.15) is 11.1 Å². The second kappa shape index (κ2) is 7.67. The second-order valence-corrected chi connectivity index (χ2v) is 6.74. The highest BCUT2D eigenvalue weighted by atomic mass is 35.5. The summed E-state index contributed by atoms with van der Waals surface area (Å²) in [6, 6.07) is 13.3. The molecule has 0 amide bonds. The highest BCUT2D eigenvalue weighted by Crippen LogP contribution is 2.32. The normalized spacial score (nSPS) is 14.7. The molecule has 27 heavy (non-hydrogen) atoms. The molecular formula is C19H19ClN4O3. The van der Waals surface area contributed by atoms with E-state index in [-0.39, 0.29) is 11.8 Å². The molecule has 1 aromatic heterocycles.